The van der Waals surface area contributed by atoms with Gasteiger partial charge in [0, 0.05) is 29.5 Å². The minimum absolute atomic E-state index is 0.0561. The van der Waals surface area contributed by atoms with Gasteiger partial charge in [-0.15, -0.1) is 10.2 Å². The molecule has 1 unspecified atom stereocenters. The normalized spacial score (nSPS) is 12.1. The Morgan fingerprint density at radius 2 is 1.97 bits per heavy atom. The Labute approximate surface area is 201 Å². The molecule has 3 aromatic heterocycles. The molecule has 0 radical (unpaired) electrons. The highest BCUT2D eigenvalue weighted by atomic mass is 35.5. The summed E-state index contributed by atoms with van der Waals surface area (Å²) in [6.07, 6.45) is 5.09. The van der Waals surface area contributed by atoms with Crippen LogP contribution < -0.4 is 5.32 Å². The fourth-order valence-corrected chi connectivity index (χ4v) is 4.47. The molecule has 0 fully saturated rings. The largest absolute Gasteiger partial charge is 0.467 e. The molecule has 1 aromatic carbocycles. The maximum absolute atomic E-state index is 13.1. The van der Waals surface area contributed by atoms with Crippen LogP contribution in [0.4, 0.5) is 0 Å². The second kappa shape index (κ2) is 10.7. The summed E-state index contributed by atoms with van der Waals surface area (Å²) in [6.45, 7) is 4.91. The number of nitrogens with one attached hydrogen (secondary N) is 1. The third kappa shape index (κ3) is 5.83. The van der Waals surface area contributed by atoms with Crippen molar-refractivity contribution in [3.63, 3.8) is 0 Å². The van der Waals surface area contributed by atoms with Gasteiger partial charge in [0.05, 0.1) is 18.1 Å². The lowest BCUT2D eigenvalue weighted by Crippen LogP contribution is -2.35. The molecule has 170 valence electrons. The van der Waals surface area contributed by atoms with Gasteiger partial charge in [0.2, 0.25) is 5.91 Å². The van der Waals surface area contributed by atoms with Gasteiger partial charge in [-0.25, -0.2) is 0 Å². The van der Waals surface area contributed by atoms with Crippen molar-refractivity contribution < 1.29 is 9.21 Å². The van der Waals surface area contributed by atoms with Crippen molar-refractivity contribution >= 4 is 29.3 Å². The molecule has 9 heteroatoms. The van der Waals surface area contributed by atoms with Gasteiger partial charge in [0.25, 0.3) is 0 Å². The Balaban J connectivity index is 1.59. The number of thioether (sulfide) groups is 1. The molecule has 0 saturated heterocycles. The molecule has 1 N–H and O–H groups in total. The summed E-state index contributed by atoms with van der Waals surface area (Å²) in [5.41, 5.74) is 1.83. The average molecular weight is 482 g/mol. The van der Waals surface area contributed by atoms with Gasteiger partial charge in [0.15, 0.2) is 11.0 Å². The highest BCUT2D eigenvalue weighted by Gasteiger charge is 2.27. The fraction of sp³-hybridized carbons (Fsp3) is 0.250. The molecule has 0 aliphatic carbocycles. The zero-order chi connectivity index (χ0) is 23.2. The van der Waals surface area contributed by atoms with Gasteiger partial charge in [-0.1, -0.05) is 43.3 Å². The molecular weight excluding hydrogens is 458 g/mol. The van der Waals surface area contributed by atoms with Crippen LogP contribution >= 0.6 is 23.4 Å². The van der Waals surface area contributed by atoms with Crippen LogP contribution in [-0.2, 0) is 17.9 Å². The van der Waals surface area contributed by atoms with E-state index in [-0.39, 0.29) is 17.1 Å². The first-order chi connectivity index (χ1) is 16.0. The van der Waals surface area contributed by atoms with E-state index in [1.165, 1.54) is 11.8 Å². The zero-order valence-electron chi connectivity index (χ0n) is 18.3. The molecule has 1 atom stereocenters. The highest BCUT2D eigenvalue weighted by molar-refractivity contribution is 8.00. The average Bonchev–Trinajstić information content (AvgIpc) is 3.47. The van der Waals surface area contributed by atoms with Crippen LogP contribution in [0.3, 0.4) is 0 Å². The number of carbonyl (C=O) groups excluding carboxylic acids is 1. The van der Waals surface area contributed by atoms with Crippen molar-refractivity contribution in [1.82, 2.24) is 25.1 Å². The molecule has 0 saturated carbocycles. The lowest BCUT2D eigenvalue weighted by atomic mass is 10.1. The maximum atomic E-state index is 13.1. The van der Waals surface area contributed by atoms with Crippen LogP contribution in [-0.4, -0.2) is 30.9 Å². The van der Waals surface area contributed by atoms with Gasteiger partial charge in [0.1, 0.15) is 5.76 Å². The van der Waals surface area contributed by atoms with Crippen LogP contribution in [0, 0.1) is 5.92 Å². The predicted octanol–water partition coefficient (Wildman–Crippen LogP) is 5.07. The first-order valence-corrected chi connectivity index (χ1v) is 11.8. The van der Waals surface area contributed by atoms with E-state index >= 15 is 0 Å². The molecule has 0 aliphatic rings. The number of carbonyl (C=O) groups is 1. The van der Waals surface area contributed by atoms with Gasteiger partial charge >= 0.3 is 0 Å². The zero-order valence-corrected chi connectivity index (χ0v) is 19.9. The predicted molar refractivity (Wildman–Crippen MR) is 129 cm³/mol. The molecule has 4 rings (SSSR count). The molecule has 0 spiro atoms. The van der Waals surface area contributed by atoms with E-state index in [1.807, 2.05) is 66.9 Å². The Morgan fingerprint density at radius 1 is 1.15 bits per heavy atom. The molecule has 7 nitrogen and oxygen atoms in total. The van der Waals surface area contributed by atoms with Crippen LogP contribution in [0.1, 0.15) is 25.2 Å². The number of furan rings is 1. The first kappa shape index (κ1) is 23.1. The molecule has 0 bridgehead atoms. The van der Waals surface area contributed by atoms with E-state index in [4.69, 9.17) is 16.0 Å². The standard InChI is InChI=1S/C24H24ClN5O2S/c1-16(2)21(23(31)27-14-17-5-3-11-26-13-17)33-24-29-28-22(18-7-9-19(25)10-8-18)30(24)15-20-6-4-12-32-20/h3-13,16,21H,14-15H2,1-2H3,(H,27,31). The van der Waals surface area contributed by atoms with E-state index in [0.29, 0.717) is 29.1 Å². The van der Waals surface area contributed by atoms with Crippen LogP contribution in [0.15, 0.2) is 76.8 Å². The van der Waals surface area contributed by atoms with E-state index in [2.05, 4.69) is 20.5 Å². The van der Waals surface area contributed by atoms with Gasteiger partial charge in [-0.3, -0.25) is 14.3 Å². The Bertz CT molecular complexity index is 1180. The maximum Gasteiger partial charge on any atom is 0.234 e. The van der Waals surface area contributed by atoms with Gasteiger partial charge < -0.3 is 9.73 Å². The number of halogens is 1. The lowest BCUT2D eigenvalue weighted by Gasteiger charge is -2.20. The van der Waals surface area contributed by atoms with E-state index in [1.54, 1.807) is 18.7 Å². The van der Waals surface area contributed by atoms with Crippen LogP contribution in [0.5, 0.6) is 0 Å². The molecule has 1 amide bonds. The summed E-state index contributed by atoms with van der Waals surface area (Å²) in [5.74, 6) is 1.48. The number of hydrogen-bond donors (Lipinski definition) is 1. The lowest BCUT2D eigenvalue weighted by molar-refractivity contribution is -0.121. The molecule has 0 aliphatic heterocycles. The summed E-state index contributed by atoms with van der Waals surface area (Å²) < 4.78 is 7.54. The smallest absolute Gasteiger partial charge is 0.234 e. The van der Waals surface area contributed by atoms with E-state index < -0.39 is 0 Å². The molecule has 33 heavy (non-hydrogen) atoms. The van der Waals surface area contributed by atoms with Crippen molar-refractivity contribution in [2.24, 2.45) is 5.92 Å². The number of hydrogen-bond acceptors (Lipinski definition) is 6. The minimum atomic E-state index is -0.348. The minimum Gasteiger partial charge on any atom is -0.467 e. The van der Waals surface area contributed by atoms with Crippen molar-refractivity contribution in [2.45, 2.75) is 37.3 Å². The quantitative estimate of drug-likeness (QED) is 0.336. The molecule has 4 aromatic rings. The van der Waals surface area contributed by atoms with Crippen molar-refractivity contribution in [2.75, 3.05) is 0 Å². The summed E-state index contributed by atoms with van der Waals surface area (Å²) in [7, 11) is 0. The summed E-state index contributed by atoms with van der Waals surface area (Å²) in [4.78, 5) is 17.2. The SMILES string of the molecule is CC(C)C(Sc1nnc(-c2ccc(Cl)cc2)n1Cc1ccco1)C(=O)NCc1cccnc1. The molecular formula is C24H24ClN5O2S. The Hall–Kier alpha value is -3.10. The second-order valence-electron chi connectivity index (χ2n) is 7.84. The van der Waals surface area contributed by atoms with Crippen LogP contribution in [0.2, 0.25) is 5.02 Å². The van der Waals surface area contributed by atoms with E-state index in [0.717, 1.165) is 16.9 Å². The number of benzene rings is 1. The number of aromatic nitrogens is 4. The third-order valence-electron chi connectivity index (χ3n) is 5.00. The molecule has 3 heterocycles. The second-order valence-corrected chi connectivity index (χ2v) is 9.39. The van der Waals surface area contributed by atoms with Gasteiger partial charge in [-0.05, 0) is 53.9 Å². The number of rotatable bonds is 9. The number of pyridine rings is 1. The topological polar surface area (TPSA) is 85.8 Å². The Kier molecular flexibility index (Phi) is 7.47. The van der Waals surface area contributed by atoms with Crippen molar-refractivity contribution in [1.29, 1.82) is 0 Å². The third-order valence-corrected chi connectivity index (χ3v) is 6.78. The summed E-state index contributed by atoms with van der Waals surface area (Å²) >= 11 is 7.46. The monoisotopic (exact) mass is 481 g/mol. The Morgan fingerprint density at radius 3 is 2.64 bits per heavy atom. The number of nitrogens with zero attached hydrogens (tertiary/aromatic N) is 4. The summed E-state index contributed by atoms with van der Waals surface area (Å²) in [5, 5.41) is 12.8. The fourth-order valence-electron chi connectivity index (χ4n) is 3.29. The first-order valence-electron chi connectivity index (χ1n) is 10.6. The van der Waals surface area contributed by atoms with Crippen molar-refractivity contribution in [3.05, 3.63) is 83.5 Å². The highest BCUT2D eigenvalue weighted by Crippen LogP contribution is 2.31. The van der Waals surface area contributed by atoms with Crippen molar-refractivity contribution in [3.8, 4) is 11.4 Å². The number of amides is 1. The van der Waals surface area contributed by atoms with E-state index in [9.17, 15) is 4.79 Å². The van der Waals surface area contributed by atoms with Crippen LogP contribution in [0.25, 0.3) is 11.4 Å². The summed E-state index contributed by atoms with van der Waals surface area (Å²) in [6, 6.07) is 15.0. The van der Waals surface area contributed by atoms with Gasteiger partial charge in [-0.2, -0.15) is 0 Å².